The monoisotopic (exact) mass is 341 g/mol. The molecule has 0 radical (unpaired) electrons. The Morgan fingerprint density at radius 2 is 1.81 bits per heavy atom. The van der Waals surface area contributed by atoms with Gasteiger partial charge in [-0.3, -0.25) is 0 Å². The van der Waals surface area contributed by atoms with Crippen molar-refractivity contribution in [2.24, 2.45) is 0 Å². The number of halogens is 2. The van der Waals surface area contributed by atoms with Crippen LogP contribution in [0.2, 0.25) is 5.02 Å². The molecule has 0 aliphatic rings. The van der Waals surface area contributed by atoms with Gasteiger partial charge in [0.2, 0.25) is 0 Å². The maximum atomic E-state index is 11.2. The summed E-state index contributed by atoms with van der Waals surface area (Å²) in [4.78, 5) is -0.0834. The number of hydrogen-bond acceptors (Lipinski definition) is 4. The van der Waals surface area contributed by atoms with Crippen molar-refractivity contribution in [1.29, 1.82) is 5.26 Å². The molecule has 0 aromatic heterocycles. The van der Waals surface area contributed by atoms with Gasteiger partial charge in [0.15, 0.2) is 0 Å². The van der Waals surface area contributed by atoms with Gasteiger partial charge in [-0.25, -0.2) is 8.42 Å². The van der Waals surface area contributed by atoms with Gasteiger partial charge in [-0.1, -0.05) is 23.7 Å². The number of nitriles is 1. The summed E-state index contributed by atoms with van der Waals surface area (Å²) in [6.45, 7) is 0.248. The van der Waals surface area contributed by atoms with Crippen molar-refractivity contribution in [2.45, 2.75) is 11.5 Å². The second-order valence-electron chi connectivity index (χ2n) is 4.13. The van der Waals surface area contributed by atoms with E-state index in [0.29, 0.717) is 11.3 Å². The molecule has 108 valence electrons. The maximum absolute atomic E-state index is 11.2. The summed E-state index contributed by atoms with van der Waals surface area (Å²) in [5, 5.41) is 8.86. The Kier molecular flexibility index (Phi) is 4.73. The van der Waals surface area contributed by atoms with Crippen molar-refractivity contribution < 1.29 is 13.2 Å². The van der Waals surface area contributed by atoms with Gasteiger partial charge in [-0.2, -0.15) is 5.26 Å². The van der Waals surface area contributed by atoms with Crippen molar-refractivity contribution in [3.8, 4) is 11.8 Å². The predicted octanol–water partition coefficient (Wildman–Crippen LogP) is 3.72. The Hall–Kier alpha value is -1.74. The summed E-state index contributed by atoms with van der Waals surface area (Å²) < 4.78 is 27.9. The molecule has 0 atom stereocenters. The van der Waals surface area contributed by atoms with Crippen molar-refractivity contribution in [1.82, 2.24) is 0 Å². The highest BCUT2D eigenvalue weighted by Gasteiger charge is 2.12. The first kappa shape index (κ1) is 15.6. The third-order valence-corrected chi connectivity index (χ3v) is 4.31. The van der Waals surface area contributed by atoms with Gasteiger partial charge in [-0.15, -0.1) is 0 Å². The van der Waals surface area contributed by atoms with E-state index in [2.05, 4.69) is 0 Å². The Morgan fingerprint density at radius 1 is 1.14 bits per heavy atom. The van der Waals surface area contributed by atoms with Gasteiger partial charge in [0.05, 0.1) is 21.6 Å². The van der Waals surface area contributed by atoms with Crippen LogP contribution in [0.5, 0.6) is 5.75 Å². The number of ether oxygens (including phenoxy) is 1. The van der Waals surface area contributed by atoms with Crippen LogP contribution >= 0.6 is 22.3 Å². The molecule has 0 aliphatic carbocycles. The van der Waals surface area contributed by atoms with Gasteiger partial charge >= 0.3 is 0 Å². The smallest absolute Gasteiger partial charge is 0.261 e. The third kappa shape index (κ3) is 4.11. The molecule has 2 rings (SSSR count). The number of benzene rings is 2. The first-order chi connectivity index (χ1) is 9.90. The standard InChI is InChI=1S/C14H9Cl2NO3S/c15-13-7-12(21(16,18)19)5-6-14(13)20-9-11-3-1-10(8-17)2-4-11/h1-7H,9H2. The molecule has 4 nitrogen and oxygen atoms in total. The zero-order chi connectivity index (χ0) is 15.5. The molecular weight excluding hydrogens is 333 g/mol. The zero-order valence-corrected chi connectivity index (χ0v) is 12.9. The van der Waals surface area contributed by atoms with Gasteiger partial charge in [0.1, 0.15) is 12.4 Å². The average molecular weight is 342 g/mol. The lowest BCUT2D eigenvalue weighted by molar-refractivity contribution is 0.306. The number of nitrogens with zero attached hydrogens (tertiary/aromatic N) is 1. The van der Waals surface area contributed by atoms with Crippen molar-refractivity contribution in [3.05, 3.63) is 58.6 Å². The van der Waals surface area contributed by atoms with Crippen LogP contribution in [-0.2, 0) is 15.7 Å². The molecule has 2 aromatic rings. The van der Waals surface area contributed by atoms with E-state index in [1.54, 1.807) is 24.3 Å². The van der Waals surface area contributed by atoms with E-state index in [0.717, 1.165) is 5.56 Å². The van der Waals surface area contributed by atoms with E-state index in [-0.39, 0.29) is 16.5 Å². The molecule has 7 heteroatoms. The highest BCUT2D eigenvalue weighted by Crippen LogP contribution is 2.29. The van der Waals surface area contributed by atoms with Crippen LogP contribution in [0.25, 0.3) is 0 Å². The van der Waals surface area contributed by atoms with E-state index in [4.69, 9.17) is 32.3 Å². The van der Waals surface area contributed by atoms with E-state index in [1.807, 2.05) is 6.07 Å². The topological polar surface area (TPSA) is 67.2 Å². The molecule has 0 spiro atoms. The first-order valence-corrected chi connectivity index (χ1v) is 8.45. The third-order valence-electron chi connectivity index (χ3n) is 2.66. The van der Waals surface area contributed by atoms with E-state index in [1.165, 1.54) is 18.2 Å². The van der Waals surface area contributed by atoms with Crippen LogP contribution in [0.15, 0.2) is 47.4 Å². The fourth-order valence-electron chi connectivity index (χ4n) is 1.59. The highest BCUT2D eigenvalue weighted by molar-refractivity contribution is 8.13. The Bertz CT molecular complexity index is 796. The van der Waals surface area contributed by atoms with Gasteiger partial charge in [0.25, 0.3) is 9.05 Å². The summed E-state index contributed by atoms with van der Waals surface area (Å²) in [7, 11) is 1.42. The predicted molar refractivity (Wildman–Crippen MR) is 80.0 cm³/mol. The van der Waals surface area contributed by atoms with Crippen molar-refractivity contribution in [3.63, 3.8) is 0 Å². The molecular formula is C14H9Cl2NO3S. The van der Waals surface area contributed by atoms with E-state index < -0.39 is 9.05 Å². The molecule has 0 heterocycles. The second kappa shape index (κ2) is 6.35. The lowest BCUT2D eigenvalue weighted by Gasteiger charge is -2.09. The quantitative estimate of drug-likeness (QED) is 0.794. The lowest BCUT2D eigenvalue weighted by atomic mass is 10.2. The van der Waals surface area contributed by atoms with Crippen LogP contribution in [0, 0.1) is 11.3 Å². The maximum Gasteiger partial charge on any atom is 0.261 e. The number of rotatable bonds is 4. The Balaban J connectivity index is 2.11. The summed E-state index contributed by atoms with van der Waals surface area (Å²) in [5.74, 6) is 0.352. The van der Waals surface area contributed by atoms with Crippen LogP contribution in [-0.4, -0.2) is 8.42 Å². The molecule has 0 aliphatic heterocycles. The molecule has 0 bridgehead atoms. The zero-order valence-electron chi connectivity index (χ0n) is 10.6. The molecule has 0 saturated carbocycles. The fraction of sp³-hybridized carbons (Fsp3) is 0.0714. The van der Waals surface area contributed by atoms with Gasteiger partial charge in [0, 0.05) is 10.7 Å². The molecule has 0 amide bonds. The first-order valence-electron chi connectivity index (χ1n) is 5.76. The average Bonchev–Trinajstić information content (AvgIpc) is 2.45. The minimum atomic E-state index is -3.82. The van der Waals surface area contributed by atoms with Crippen LogP contribution in [0.4, 0.5) is 0 Å². The minimum Gasteiger partial charge on any atom is -0.487 e. The van der Waals surface area contributed by atoms with E-state index >= 15 is 0 Å². The minimum absolute atomic E-state index is 0.0834. The molecule has 0 N–H and O–H groups in total. The summed E-state index contributed by atoms with van der Waals surface area (Å²) >= 11 is 5.96. The van der Waals surface area contributed by atoms with Crippen LogP contribution < -0.4 is 4.74 Å². The summed E-state index contributed by atoms with van der Waals surface area (Å²) in [5.41, 5.74) is 1.42. The van der Waals surface area contributed by atoms with Crippen molar-refractivity contribution >= 4 is 31.3 Å². The molecule has 21 heavy (non-hydrogen) atoms. The second-order valence-corrected chi connectivity index (χ2v) is 7.10. The van der Waals surface area contributed by atoms with Crippen molar-refractivity contribution in [2.75, 3.05) is 0 Å². The summed E-state index contributed by atoms with van der Waals surface area (Å²) in [6, 6.07) is 12.9. The van der Waals surface area contributed by atoms with E-state index in [9.17, 15) is 8.42 Å². The summed E-state index contributed by atoms with van der Waals surface area (Å²) in [6.07, 6.45) is 0. The van der Waals surface area contributed by atoms with Gasteiger partial charge < -0.3 is 4.74 Å². The van der Waals surface area contributed by atoms with Crippen LogP contribution in [0.3, 0.4) is 0 Å². The Labute approximate surface area is 131 Å². The molecule has 0 fully saturated rings. The largest absolute Gasteiger partial charge is 0.487 e. The normalized spacial score (nSPS) is 10.9. The van der Waals surface area contributed by atoms with Gasteiger partial charge in [-0.05, 0) is 35.9 Å². The fourth-order valence-corrected chi connectivity index (χ4v) is 2.66. The molecule has 2 aromatic carbocycles. The number of hydrogen-bond donors (Lipinski definition) is 0. The molecule has 0 unspecified atom stereocenters. The Morgan fingerprint density at radius 3 is 2.33 bits per heavy atom. The van der Waals surface area contributed by atoms with Crippen LogP contribution in [0.1, 0.15) is 11.1 Å². The lowest BCUT2D eigenvalue weighted by Crippen LogP contribution is -1.97. The SMILES string of the molecule is N#Cc1ccc(COc2ccc(S(=O)(=O)Cl)cc2Cl)cc1. The highest BCUT2D eigenvalue weighted by atomic mass is 35.7. The molecule has 0 saturated heterocycles.